The number of carbonyl (C=O) groups is 1. The lowest BCUT2D eigenvalue weighted by molar-refractivity contribution is -0.303. The zero-order valence-corrected chi connectivity index (χ0v) is 16.6. The number of hydrogen-bond donors (Lipinski definition) is 7. The Bertz CT molecular complexity index is 587. The van der Waals surface area contributed by atoms with Crippen LogP contribution in [-0.4, -0.2) is 87.9 Å². The number of nitrogens with two attached hydrogens (primary N) is 2. The molecule has 4 unspecified atom stereocenters. The molecule has 10 atom stereocenters. The maximum atomic E-state index is 11.9. The zero-order chi connectivity index (χ0) is 21.7. The Morgan fingerprint density at radius 2 is 1.86 bits per heavy atom. The molecule has 1 saturated carbocycles. The number of hydrogen-bond acceptors (Lipinski definition) is 9. The van der Waals surface area contributed by atoms with Crippen molar-refractivity contribution in [1.29, 1.82) is 0 Å². The predicted octanol–water partition coefficient (Wildman–Crippen LogP) is -2.85. The highest BCUT2D eigenvalue weighted by atomic mass is 16.7. The van der Waals surface area contributed by atoms with Crippen molar-refractivity contribution in [1.82, 2.24) is 5.32 Å². The summed E-state index contributed by atoms with van der Waals surface area (Å²) in [6, 6.07) is -1.31. The van der Waals surface area contributed by atoms with E-state index in [9.17, 15) is 25.2 Å². The van der Waals surface area contributed by atoms with Crippen LogP contribution in [0.2, 0.25) is 0 Å². The van der Waals surface area contributed by atoms with E-state index in [1.54, 1.807) is 6.92 Å². The number of nitrogens with one attached hydrogen (secondary N) is 1. The van der Waals surface area contributed by atoms with E-state index >= 15 is 0 Å². The first-order valence-corrected chi connectivity index (χ1v) is 9.91. The Kier molecular flexibility index (Phi) is 8.81. The minimum atomic E-state index is -1.32. The molecule has 1 amide bonds. The first-order chi connectivity index (χ1) is 13.7. The van der Waals surface area contributed by atoms with E-state index < -0.39 is 60.9 Å². The molecule has 0 radical (unpaired) electrons. The van der Waals surface area contributed by atoms with Crippen molar-refractivity contribution in [2.24, 2.45) is 17.4 Å². The monoisotopic (exact) mass is 415 g/mol. The maximum absolute atomic E-state index is 11.9. The van der Waals surface area contributed by atoms with E-state index in [0.29, 0.717) is 12.8 Å². The molecule has 2 aliphatic rings. The molecule has 0 aromatic rings. The molecule has 2 fully saturated rings. The van der Waals surface area contributed by atoms with Crippen LogP contribution in [-0.2, 0) is 14.3 Å². The summed E-state index contributed by atoms with van der Waals surface area (Å²) in [5.41, 5.74) is 11.8. The molecule has 0 aromatic carbocycles. The van der Waals surface area contributed by atoms with Crippen LogP contribution in [0.25, 0.3) is 0 Å². The second-order valence-electron chi connectivity index (χ2n) is 7.89. The van der Waals surface area contributed by atoms with Gasteiger partial charge in [0.05, 0.1) is 12.2 Å². The fourth-order valence-electron chi connectivity index (χ4n) is 3.67. The summed E-state index contributed by atoms with van der Waals surface area (Å²) in [6.45, 7) is 1.59. The third-order valence-electron chi connectivity index (χ3n) is 5.62. The van der Waals surface area contributed by atoms with Gasteiger partial charge in [0.25, 0.3) is 0 Å². The number of carbonyl (C=O) groups excluding carboxylic acids is 1. The van der Waals surface area contributed by atoms with E-state index in [1.807, 2.05) is 0 Å². The Hall–Kier alpha value is -1.29. The van der Waals surface area contributed by atoms with Crippen LogP contribution < -0.4 is 16.8 Å². The quantitative estimate of drug-likeness (QED) is 0.170. The largest absolute Gasteiger partial charge is 0.390 e. The molecule has 1 aliphatic carbocycles. The highest BCUT2D eigenvalue weighted by Crippen LogP contribution is 2.30. The molecule has 2 rings (SSSR count). The molecule has 9 N–H and O–H groups in total. The van der Waals surface area contributed by atoms with Gasteiger partial charge in [-0.15, -0.1) is 12.3 Å². The molecule has 0 spiro atoms. The summed E-state index contributed by atoms with van der Waals surface area (Å²) in [5, 5.41) is 43.6. The summed E-state index contributed by atoms with van der Waals surface area (Å²) >= 11 is 0. The van der Waals surface area contributed by atoms with E-state index in [2.05, 4.69) is 11.2 Å². The summed E-state index contributed by atoms with van der Waals surface area (Å²) in [7, 11) is 0. The zero-order valence-electron chi connectivity index (χ0n) is 16.6. The van der Waals surface area contributed by atoms with Crippen molar-refractivity contribution in [3.63, 3.8) is 0 Å². The first kappa shape index (κ1) is 24.0. The van der Waals surface area contributed by atoms with Gasteiger partial charge < -0.3 is 46.7 Å². The molecule has 10 nitrogen and oxygen atoms in total. The molecule has 0 aromatic heterocycles. The minimum Gasteiger partial charge on any atom is -0.390 e. The molecular weight excluding hydrogens is 382 g/mol. The van der Waals surface area contributed by atoms with Crippen molar-refractivity contribution in [2.75, 3.05) is 6.54 Å². The smallest absolute Gasteiger partial charge is 0.220 e. The van der Waals surface area contributed by atoms with Crippen LogP contribution in [0.15, 0.2) is 0 Å². The molecule has 1 heterocycles. The number of unbranched alkanes of at least 4 members (excludes halogenated alkanes) is 1. The molecule has 1 saturated heterocycles. The Labute approximate surface area is 170 Å². The Balaban J connectivity index is 1.97. The topological polar surface area (TPSA) is 181 Å². The van der Waals surface area contributed by atoms with Crippen LogP contribution in [0, 0.1) is 18.3 Å². The summed E-state index contributed by atoms with van der Waals surface area (Å²) in [6.07, 6.45) is -1.16. The summed E-state index contributed by atoms with van der Waals surface area (Å²) < 4.78 is 11.6. The molecule has 166 valence electrons. The molecule has 10 heteroatoms. The summed E-state index contributed by atoms with van der Waals surface area (Å²) in [4.78, 5) is 11.9. The van der Waals surface area contributed by atoms with E-state index in [0.717, 1.165) is 0 Å². The number of amides is 1. The van der Waals surface area contributed by atoms with Gasteiger partial charge in [-0.3, -0.25) is 4.79 Å². The lowest BCUT2D eigenvalue weighted by Crippen LogP contribution is -2.64. The van der Waals surface area contributed by atoms with Gasteiger partial charge in [0.2, 0.25) is 5.91 Å². The Morgan fingerprint density at radius 1 is 1.17 bits per heavy atom. The van der Waals surface area contributed by atoms with Crippen LogP contribution in [0.4, 0.5) is 0 Å². The van der Waals surface area contributed by atoms with Crippen LogP contribution >= 0.6 is 0 Å². The molecule has 29 heavy (non-hydrogen) atoms. The van der Waals surface area contributed by atoms with Gasteiger partial charge >= 0.3 is 0 Å². The van der Waals surface area contributed by atoms with Crippen molar-refractivity contribution < 1.29 is 34.7 Å². The third-order valence-corrected chi connectivity index (χ3v) is 5.62. The lowest BCUT2D eigenvalue weighted by Gasteiger charge is -2.46. The first-order valence-electron chi connectivity index (χ1n) is 9.91. The van der Waals surface area contributed by atoms with Crippen LogP contribution in [0.1, 0.15) is 32.6 Å². The second kappa shape index (κ2) is 10.7. The van der Waals surface area contributed by atoms with Gasteiger partial charge in [0, 0.05) is 37.4 Å². The second-order valence-corrected chi connectivity index (χ2v) is 7.89. The van der Waals surface area contributed by atoms with Gasteiger partial charge in [0.1, 0.15) is 24.4 Å². The SMILES string of the molecule is C#CCCCC(=O)NCC1O[C@H](O[C@@H]2C(N)C[C@@H](N)C(O)[C@H]2O)C(C)[C@@H](O)[C@@H]1O. The Morgan fingerprint density at radius 3 is 2.52 bits per heavy atom. The number of ether oxygens (including phenoxy) is 2. The van der Waals surface area contributed by atoms with Crippen molar-refractivity contribution >= 4 is 5.91 Å². The maximum Gasteiger partial charge on any atom is 0.220 e. The van der Waals surface area contributed by atoms with Gasteiger partial charge in [-0.25, -0.2) is 0 Å². The molecular formula is C19H33N3O7. The van der Waals surface area contributed by atoms with Gasteiger partial charge in [-0.1, -0.05) is 6.92 Å². The normalized spacial score (nSPS) is 42.8. The molecule has 0 bridgehead atoms. The minimum absolute atomic E-state index is 0.0353. The van der Waals surface area contributed by atoms with Gasteiger partial charge in [-0.2, -0.15) is 0 Å². The third kappa shape index (κ3) is 5.87. The van der Waals surface area contributed by atoms with Crippen LogP contribution in [0.3, 0.4) is 0 Å². The average molecular weight is 415 g/mol. The number of rotatable bonds is 7. The predicted molar refractivity (Wildman–Crippen MR) is 103 cm³/mol. The van der Waals surface area contributed by atoms with E-state index in [-0.39, 0.29) is 25.3 Å². The van der Waals surface area contributed by atoms with Crippen molar-refractivity contribution in [3.8, 4) is 12.3 Å². The fraction of sp³-hybridized carbons (Fsp3) is 0.842. The van der Waals surface area contributed by atoms with E-state index in [4.69, 9.17) is 27.4 Å². The van der Waals surface area contributed by atoms with E-state index in [1.165, 1.54) is 0 Å². The average Bonchev–Trinajstić information content (AvgIpc) is 2.68. The van der Waals surface area contributed by atoms with Crippen molar-refractivity contribution in [2.45, 2.75) is 87.6 Å². The van der Waals surface area contributed by atoms with Crippen LogP contribution in [0.5, 0.6) is 0 Å². The molecule has 1 aliphatic heterocycles. The lowest BCUT2D eigenvalue weighted by atomic mass is 9.84. The van der Waals surface area contributed by atoms with Gasteiger partial charge in [0.15, 0.2) is 6.29 Å². The van der Waals surface area contributed by atoms with Crippen molar-refractivity contribution in [3.05, 3.63) is 0 Å². The number of aliphatic hydroxyl groups excluding tert-OH is 4. The number of terminal acetylenes is 1. The highest BCUT2D eigenvalue weighted by Gasteiger charge is 2.47. The summed E-state index contributed by atoms with van der Waals surface area (Å²) in [5.74, 6) is 1.57. The highest BCUT2D eigenvalue weighted by molar-refractivity contribution is 5.75. The van der Waals surface area contributed by atoms with Gasteiger partial charge in [-0.05, 0) is 12.8 Å². The fourth-order valence-corrected chi connectivity index (χ4v) is 3.67. The standard InChI is InChI=1S/C19H33N3O7/c1-3-4-5-6-13(23)22-8-12-16(26)14(24)9(2)19(28-12)29-18-11(21)7-10(20)15(25)17(18)27/h1,9-12,14-19,24-27H,4-8,20-21H2,2H3,(H,22,23)/t9?,10-,11?,12?,14-,15?,16-,17-,18-,19-/m1/s1. The number of aliphatic hydroxyl groups is 4.